The maximum absolute atomic E-state index is 10.1. The fourth-order valence-corrected chi connectivity index (χ4v) is 3.27. The lowest BCUT2D eigenvalue weighted by atomic mass is 10.3. The fourth-order valence-electron chi connectivity index (χ4n) is 2.22. The third-order valence-corrected chi connectivity index (χ3v) is 4.78. The minimum atomic E-state index is -0.604. The fraction of sp³-hybridized carbons (Fsp3) is 0.643. The van der Waals surface area contributed by atoms with E-state index in [-0.39, 0.29) is 6.10 Å². The first-order valence-electron chi connectivity index (χ1n) is 7.26. The molecule has 1 aromatic heterocycles. The zero-order chi connectivity index (χ0) is 15.9. The first-order valence-corrected chi connectivity index (χ1v) is 8.46. The highest BCUT2D eigenvalue weighted by Crippen LogP contribution is 2.26. The molecule has 2 atom stereocenters. The molecule has 0 aromatic carbocycles. The molecule has 1 aliphatic heterocycles. The van der Waals surface area contributed by atoms with Crippen LogP contribution in [0.15, 0.2) is 17.1 Å². The summed E-state index contributed by atoms with van der Waals surface area (Å²) in [6, 6.07) is 3.62. The molecule has 3 N–H and O–H groups in total. The van der Waals surface area contributed by atoms with E-state index in [1.165, 1.54) is 11.3 Å². The number of nitrogens with zero attached hydrogens (tertiary/aromatic N) is 2. The van der Waals surface area contributed by atoms with Gasteiger partial charge in [-0.15, -0.1) is 11.3 Å². The van der Waals surface area contributed by atoms with Crippen molar-refractivity contribution in [2.45, 2.75) is 12.2 Å². The van der Waals surface area contributed by atoms with Gasteiger partial charge in [-0.1, -0.05) is 11.6 Å². The molecule has 124 valence electrons. The van der Waals surface area contributed by atoms with E-state index in [9.17, 15) is 5.11 Å². The number of aliphatic hydroxyl groups excluding tert-OH is 1. The normalized spacial score (nSPS) is 21.6. The SMILES string of the molecule is CN=C(NCC1CN(C)CCO1)NCC(O)c1ccc(Cl)s1. The van der Waals surface area contributed by atoms with Gasteiger partial charge in [-0.05, 0) is 19.2 Å². The van der Waals surface area contributed by atoms with Crippen LogP contribution in [0, 0.1) is 0 Å². The molecule has 1 aromatic rings. The van der Waals surface area contributed by atoms with Crippen LogP contribution in [0.25, 0.3) is 0 Å². The minimum absolute atomic E-state index is 0.151. The van der Waals surface area contributed by atoms with Gasteiger partial charge in [0.2, 0.25) is 0 Å². The average molecular weight is 347 g/mol. The Labute approximate surface area is 140 Å². The van der Waals surface area contributed by atoms with Gasteiger partial charge in [-0.3, -0.25) is 4.99 Å². The number of nitrogens with one attached hydrogen (secondary N) is 2. The van der Waals surface area contributed by atoms with E-state index in [0.717, 1.165) is 24.6 Å². The number of hydrogen-bond acceptors (Lipinski definition) is 5. The summed E-state index contributed by atoms with van der Waals surface area (Å²) in [5, 5.41) is 16.4. The predicted molar refractivity (Wildman–Crippen MR) is 90.9 cm³/mol. The van der Waals surface area contributed by atoms with Gasteiger partial charge in [-0.2, -0.15) is 0 Å². The lowest BCUT2D eigenvalue weighted by molar-refractivity contribution is -0.0161. The van der Waals surface area contributed by atoms with Crippen LogP contribution in [0.1, 0.15) is 11.0 Å². The van der Waals surface area contributed by atoms with Crippen molar-refractivity contribution in [3.8, 4) is 0 Å². The summed E-state index contributed by atoms with van der Waals surface area (Å²) in [7, 11) is 3.79. The van der Waals surface area contributed by atoms with Crippen LogP contribution in [-0.4, -0.2) is 69.0 Å². The zero-order valence-electron chi connectivity index (χ0n) is 12.9. The van der Waals surface area contributed by atoms with Crippen molar-refractivity contribution in [2.24, 2.45) is 4.99 Å². The van der Waals surface area contributed by atoms with Crippen molar-refractivity contribution in [1.29, 1.82) is 0 Å². The largest absolute Gasteiger partial charge is 0.386 e. The molecule has 8 heteroatoms. The number of aliphatic hydroxyl groups is 1. The van der Waals surface area contributed by atoms with Gasteiger partial charge >= 0.3 is 0 Å². The second-order valence-electron chi connectivity index (χ2n) is 5.25. The Morgan fingerprint density at radius 3 is 3.05 bits per heavy atom. The number of likely N-dealkylation sites (N-methyl/N-ethyl adjacent to an activating group) is 1. The number of hydrogen-bond donors (Lipinski definition) is 3. The van der Waals surface area contributed by atoms with E-state index in [2.05, 4.69) is 27.6 Å². The van der Waals surface area contributed by atoms with Gasteiger partial charge in [-0.25, -0.2) is 0 Å². The van der Waals surface area contributed by atoms with Crippen molar-refractivity contribution in [3.05, 3.63) is 21.3 Å². The summed E-state index contributed by atoms with van der Waals surface area (Å²) in [5.41, 5.74) is 0. The number of halogens is 1. The van der Waals surface area contributed by atoms with E-state index < -0.39 is 6.10 Å². The smallest absolute Gasteiger partial charge is 0.191 e. The van der Waals surface area contributed by atoms with Crippen LogP contribution in [0.3, 0.4) is 0 Å². The molecule has 2 unspecified atom stereocenters. The van der Waals surface area contributed by atoms with Crippen LogP contribution >= 0.6 is 22.9 Å². The topological polar surface area (TPSA) is 69.1 Å². The highest BCUT2D eigenvalue weighted by Gasteiger charge is 2.18. The lowest BCUT2D eigenvalue weighted by Gasteiger charge is -2.30. The van der Waals surface area contributed by atoms with E-state index in [1.54, 1.807) is 13.1 Å². The Morgan fingerprint density at radius 2 is 2.41 bits per heavy atom. The number of morpholine rings is 1. The van der Waals surface area contributed by atoms with Crippen LogP contribution in [0.4, 0.5) is 0 Å². The molecule has 0 aliphatic carbocycles. The maximum atomic E-state index is 10.1. The molecule has 0 bridgehead atoms. The van der Waals surface area contributed by atoms with Crippen LogP contribution in [0.2, 0.25) is 4.34 Å². The van der Waals surface area contributed by atoms with E-state index >= 15 is 0 Å². The first kappa shape index (κ1) is 17.5. The van der Waals surface area contributed by atoms with Gasteiger partial charge in [0.25, 0.3) is 0 Å². The van der Waals surface area contributed by atoms with E-state index in [4.69, 9.17) is 16.3 Å². The van der Waals surface area contributed by atoms with Crippen molar-refractivity contribution in [2.75, 3.05) is 46.9 Å². The number of guanidine groups is 1. The van der Waals surface area contributed by atoms with E-state index in [0.29, 0.717) is 23.4 Å². The maximum Gasteiger partial charge on any atom is 0.191 e. The molecule has 0 amide bonds. The summed E-state index contributed by atoms with van der Waals surface area (Å²) in [6.07, 6.45) is -0.452. The molecule has 1 aliphatic rings. The minimum Gasteiger partial charge on any atom is -0.386 e. The third kappa shape index (κ3) is 5.40. The molecule has 22 heavy (non-hydrogen) atoms. The summed E-state index contributed by atoms with van der Waals surface area (Å²) >= 11 is 7.26. The number of thiophene rings is 1. The predicted octanol–water partition coefficient (Wildman–Crippen LogP) is 0.931. The van der Waals surface area contributed by atoms with Crippen LogP contribution in [-0.2, 0) is 4.74 Å². The van der Waals surface area contributed by atoms with Crippen molar-refractivity contribution < 1.29 is 9.84 Å². The second-order valence-corrected chi connectivity index (χ2v) is 6.99. The molecular weight excluding hydrogens is 324 g/mol. The van der Waals surface area contributed by atoms with Crippen LogP contribution in [0.5, 0.6) is 0 Å². The second kappa shape index (κ2) is 8.69. The molecule has 1 fully saturated rings. The Morgan fingerprint density at radius 1 is 1.59 bits per heavy atom. The highest BCUT2D eigenvalue weighted by molar-refractivity contribution is 7.16. The molecule has 0 radical (unpaired) electrons. The zero-order valence-corrected chi connectivity index (χ0v) is 14.5. The Hall–Kier alpha value is -0.860. The molecule has 1 saturated heterocycles. The molecule has 0 spiro atoms. The highest BCUT2D eigenvalue weighted by atomic mass is 35.5. The Balaban J connectivity index is 1.73. The van der Waals surface area contributed by atoms with Crippen molar-refractivity contribution >= 4 is 28.9 Å². The molecule has 6 nitrogen and oxygen atoms in total. The summed E-state index contributed by atoms with van der Waals surface area (Å²) < 4.78 is 6.37. The number of rotatable bonds is 5. The molecule has 0 saturated carbocycles. The summed E-state index contributed by atoms with van der Waals surface area (Å²) in [6.45, 7) is 3.69. The average Bonchev–Trinajstić information content (AvgIpc) is 2.94. The number of aliphatic imine (C=N–C) groups is 1. The van der Waals surface area contributed by atoms with Gasteiger partial charge < -0.3 is 25.4 Å². The van der Waals surface area contributed by atoms with Gasteiger partial charge in [0.1, 0.15) is 6.10 Å². The van der Waals surface area contributed by atoms with Gasteiger partial charge in [0, 0.05) is 38.1 Å². The monoisotopic (exact) mass is 346 g/mol. The standard InChI is InChI=1S/C14H23ClN4O2S/c1-16-14(17-7-10-9-19(2)5-6-21-10)18-8-11(20)12-3-4-13(15)22-12/h3-4,10-11,20H,5-9H2,1-2H3,(H2,16,17,18). The van der Waals surface area contributed by atoms with Crippen molar-refractivity contribution in [1.82, 2.24) is 15.5 Å². The molecular formula is C14H23ClN4O2S. The first-order chi connectivity index (χ1) is 10.6. The summed E-state index contributed by atoms with van der Waals surface area (Å²) in [4.78, 5) is 7.24. The van der Waals surface area contributed by atoms with E-state index in [1.807, 2.05) is 6.07 Å². The van der Waals surface area contributed by atoms with Crippen LogP contribution < -0.4 is 10.6 Å². The van der Waals surface area contributed by atoms with Gasteiger partial charge in [0.15, 0.2) is 5.96 Å². The quantitative estimate of drug-likeness (QED) is 0.546. The third-order valence-electron chi connectivity index (χ3n) is 3.45. The molecule has 2 heterocycles. The summed E-state index contributed by atoms with van der Waals surface area (Å²) in [5.74, 6) is 0.651. The van der Waals surface area contributed by atoms with Gasteiger partial charge in [0.05, 0.1) is 17.0 Å². The number of ether oxygens (including phenoxy) is 1. The van der Waals surface area contributed by atoms with Crippen molar-refractivity contribution in [3.63, 3.8) is 0 Å². The lowest BCUT2D eigenvalue weighted by Crippen LogP contribution is -2.48. The molecule has 2 rings (SSSR count). The Bertz CT molecular complexity index is 497. The Kier molecular flexibility index (Phi) is 6.91.